The molecule has 1 unspecified atom stereocenters. The van der Waals surface area contributed by atoms with Crippen LogP contribution in [0.2, 0.25) is 0 Å². The molecule has 1 aromatic rings. The van der Waals surface area contributed by atoms with Gasteiger partial charge < -0.3 is 10.2 Å². The van der Waals surface area contributed by atoms with Crippen molar-refractivity contribution < 1.29 is 4.57 Å². The van der Waals surface area contributed by atoms with E-state index in [1.54, 1.807) is 0 Å². The zero-order valence-electron chi connectivity index (χ0n) is 12.0. The first kappa shape index (κ1) is 13.1. The fourth-order valence-electron chi connectivity index (χ4n) is 2.71. The molecule has 4 heteroatoms. The third-order valence-electron chi connectivity index (χ3n) is 3.81. The SMILES string of the molecule is CCc1nc(N2CCCC(C)C2)cc(NC)[n+]1C. The minimum atomic E-state index is 0.776. The van der Waals surface area contributed by atoms with E-state index in [1.807, 2.05) is 7.05 Å². The molecule has 2 rings (SSSR count). The summed E-state index contributed by atoms with van der Waals surface area (Å²) in [5, 5.41) is 3.26. The summed E-state index contributed by atoms with van der Waals surface area (Å²) in [6.07, 6.45) is 3.58. The molecule has 0 radical (unpaired) electrons. The molecule has 0 saturated carbocycles. The molecule has 0 aliphatic carbocycles. The second kappa shape index (κ2) is 5.55. The van der Waals surface area contributed by atoms with Crippen LogP contribution >= 0.6 is 0 Å². The Bertz CT molecular complexity index is 391. The maximum atomic E-state index is 4.81. The molecule has 0 bridgehead atoms. The van der Waals surface area contributed by atoms with Crippen molar-refractivity contribution in [1.29, 1.82) is 0 Å². The third kappa shape index (κ3) is 2.57. The number of aryl methyl sites for hydroxylation is 1. The summed E-state index contributed by atoms with van der Waals surface area (Å²) in [4.78, 5) is 7.23. The number of hydrogen-bond donors (Lipinski definition) is 1. The molecule has 1 aromatic heterocycles. The van der Waals surface area contributed by atoms with Gasteiger partial charge in [0.05, 0.1) is 13.1 Å². The molecule has 0 spiro atoms. The third-order valence-corrected chi connectivity index (χ3v) is 3.81. The zero-order chi connectivity index (χ0) is 13.1. The molecule has 1 aliphatic heterocycles. The Morgan fingerprint density at radius 3 is 2.94 bits per heavy atom. The predicted octanol–water partition coefficient (Wildman–Crippen LogP) is 1.75. The van der Waals surface area contributed by atoms with Gasteiger partial charge in [-0.1, -0.05) is 18.8 Å². The van der Waals surface area contributed by atoms with Gasteiger partial charge in [0.2, 0.25) is 17.5 Å². The van der Waals surface area contributed by atoms with Gasteiger partial charge in [0.1, 0.15) is 0 Å². The Balaban J connectivity index is 2.32. The van der Waals surface area contributed by atoms with Gasteiger partial charge in [0.25, 0.3) is 0 Å². The lowest BCUT2D eigenvalue weighted by Gasteiger charge is -2.30. The van der Waals surface area contributed by atoms with E-state index in [9.17, 15) is 0 Å². The standard InChI is InChI=1S/C14H24N4/c1-5-12-16-14(9-13(15-3)17(12)4)18-8-6-7-11(2)10-18/h9,11H,5-8,10H2,1-4H3/p+1. The van der Waals surface area contributed by atoms with Crippen LogP contribution in [0, 0.1) is 5.92 Å². The number of aromatic nitrogens is 2. The van der Waals surface area contributed by atoms with Crippen LogP contribution in [0.4, 0.5) is 11.6 Å². The van der Waals surface area contributed by atoms with Gasteiger partial charge in [-0.2, -0.15) is 0 Å². The Morgan fingerprint density at radius 1 is 1.56 bits per heavy atom. The Hall–Kier alpha value is -1.32. The van der Waals surface area contributed by atoms with Gasteiger partial charge in [-0.15, -0.1) is 0 Å². The van der Waals surface area contributed by atoms with Gasteiger partial charge in [-0.3, -0.25) is 0 Å². The molecule has 1 aliphatic rings. The Morgan fingerprint density at radius 2 is 2.33 bits per heavy atom. The highest BCUT2D eigenvalue weighted by Crippen LogP contribution is 2.22. The summed E-state index contributed by atoms with van der Waals surface area (Å²) in [5.74, 6) is 4.17. The molecular weight excluding hydrogens is 224 g/mol. The summed E-state index contributed by atoms with van der Waals surface area (Å²) in [6, 6.07) is 2.16. The predicted molar refractivity (Wildman–Crippen MR) is 74.9 cm³/mol. The number of piperidine rings is 1. The summed E-state index contributed by atoms with van der Waals surface area (Å²) in [6.45, 7) is 6.75. The average Bonchev–Trinajstić information content (AvgIpc) is 2.39. The molecule has 4 nitrogen and oxygen atoms in total. The Kier molecular flexibility index (Phi) is 4.04. The second-order valence-electron chi connectivity index (χ2n) is 5.27. The van der Waals surface area contributed by atoms with E-state index in [0.29, 0.717) is 0 Å². The van der Waals surface area contributed by atoms with Crippen LogP contribution in [0.15, 0.2) is 6.07 Å². The molecule has 0 aromatic carbocycles. The molecule has 2 heterocycles. The summed E-state index contributed by atoms with van der Waals surface area (Å²) in [7, 11) is 4.04. The molecule has 1 saturated heterocycles. The quantitative estimate of drug-likeness (QED) is 0.828. The second-order valence-corrected chi connectivity index (χ2v) is 5.27. The topological polar surface area (TPSA) is 32.0 Å². The molecule has 0 amide bonds. The Labute approximate surface area is 110 Å². The van der Waals surface area contributed by atoms with Crippen molar-refractivity contribution in [2.45, 2.75) is 33.1 Å². The van der Waals surface area contributed by atoms with Crippen LogP contribution in [0.25, 0.3) is 0 Å². The molecular formula is C14H25N4+. The molecule has 1 atom stereocenters. The van der Waals surface area contributed by atoms with Gasteiger partial charge in [-0.05, 0) is 18.8 Å². The maximum Gasteiger partial charge on any atom is 0.240 e. The van der Waals surface area contributed by atoms with Crippen LogP contribution in [0.3, 0.4) is 0 Å². The highest BCUT2D eigenvalue weighted by molar-refractivity contribution is 5.46. The lowest BCUT2D eigenvalue weighted by atomic mass is 10.0. The van der Waals surface area contributed by atoms with Crippen molar-refractivity contribution in [1.82, 2.24) is 4.98 Å². The van der Waals surface area contributed by atoms with E-state index in [1.165, 1.54) is 12.8 Å². The van der Waals surface area contributed by atoms with Crippen molar-refractivity contribution in [3.05, 3.63) is 11.9 Å². The van der Waals surface area contributed by atoms with E-state index in [-0.39, 0.29) is 0 Å². The number of rotatable bonds is 3. The van der Waals surface area contributed by atoms with E-state index in [4.69, 9.17) is 4.98 Å². The first-order chi connectivity index (χ1) is 8.65. The van der Waals surface area contributed by atoms with Crippen molar-refractivity contribution in [3.63, 3.8) is 0 Å². The average molecular weight is 249 g/mol. The largest absolute Gasteiger partial charge is 0.343 e. The smallest absolute Gasteiger partial charge is 0.240 e. The van der Waals surface area contributed by atoms with E-state index >= 15 is 0 Å². The number of anilines is 2. The van der Waals surface area contributed by atoms with Crippen LogP contribution in [-0.2, 0) is 13.5 Å². The minimum absolute atomic E-state index is 0.776. The van der Waals surface area contributed by atoms with Crippen LogP contribution < -0.4 is 14.8 Å². The van der Waals surface area contributed by atoms with Crippen molar-refractivity contribution >= 4 is 11.6 Å². The summed E-state index contributed by atoms with van der Waals surface area (Å²) < 4.78 is 2.14. The van der Waals surface area contributed by atoms with Gasteiger partial charge >= 0.3 is 0 Å². The van der Waals surface area contributed by atoms with Crippen LogP contribution in [-0.4, -0.2) is 25.1 Å². The van der Waals surface area contributed by atoms with Crippen molar-refractivity contribution in [2.24, 2.45) is 13.0 Å². The van der Waals surface area contributed by atoms with E-state index in [0.717, 1.165) is 42.9 Å². The monoisotopic (exact) mass is 249 g/mol. The maximum absolute atomic E-state index is 4.81. The number of nitrogens with zero attached hydrogens (tertiary/aromatic N) is 3. The molecule has 18 heavy (non-hydrogen) atoms. The van der Waals surface area contributed by atoms with Crippen molar-refractivity contribution in [2.75, 3.05) is 30.4 Å². The summed E-state index contributed by atoms with van der Waals surface area (Å²) >= 11 is 0. The first-order valence-electron chi connectivity index (χ1n) is 6.98. The number of nitrogens with one attached hydrogen (secondary N) is 1. The highest BCUT2D eigenvalue weighted by Gasteiger charge is 2.22. The van der Waals surface area contributed by atoms with E-state index < -0.39 is 0 Å². The normalized spacial score (nSPS) is 20.0. The fraction of sp³-hybridized carbons (Fsp3) is 0.714. The first-order valence-corrected chi connectivity index (χ1v) is 6.98. The summed E-state index contributed by atoms with van der Waals surface area (Å²) in [5.41, 5.74) is 0. The fourth-order valence-corrected chi connectivity index (χ4v) is 2.71. The molecule has 1 fully saturated rings. The van der Waals surface area contributed by atoms with Crippen LogP contribution in [0.5, 0.6) is 0 Å². The van der Waals surface area contributed by atoms with Crippen LogP contribution in [0.1, 0.15) is 32.5 Å². The minimum Gasteiger partial charge on any atom is -0.343 e. The van der Waals surface area contributed by atoms with E-state index in [2.05, 4.69) is 41.7 Å². The number of hydrogen-bond acceptors (Lipinski definition) is 3. The van der Waals surface area contributed by atoms with Gasteiger partial charge in [0.15, 0.2) is 0 Å². The molecule has 100 valence electrons. The van der Waals surface area contributed by atoms with Crippen molar-refractivity contribution in [3.8, 4) is 0 Å². The lowest BCUT2D eigenvalue weighted by molar-refractivity contribution is -0.668. The zero-order valence-corrected chi connectivity index (χ0v) is 12.0. The highest BCUT2D eigenvalue weighted by atomic mass is 15.2. The van der Waals surface area contributed by atoms with Gasteiger partial charge in [0, 0.05) is 26.6 Å². The van der Waals surface area contributed by atoms with Gasteiger partial charge in [-0.25, -0.2) is 4.57 Å². The molecule has 1 N–H and O–H groups in total. The lowest BCUT2D eigenvalue weighted by Crippen LogP contribution is -2.41.